The minimum Gasteiger partial charge on any atom is -0.467 e. The Hall–Kier alpha value is -4.05. The van der Waals surface area contributed by atoms with Crippen LogP contribution >= 0.6 is 11.6 Å². The van der Waals surface area contributed by atoms with E-state index in [1.54, 1.807) is 36.4 Å². The van der Waals surface area contributed by atoms with Crippen molar-refractivity contribution in [3.63, 3.8) is 0 Å². The summed E-state index contributed by atoms with van der Waals surface area (Å²) in [6.07, 6.45) is 1.50. The molecule has 0 bridgehead atoms. The summed E-state index contributed by atoms with van der Waals surface area (Å²) in [6.45, 7) is 5.31. The van der Waals surface area contributed by atoms with Crippen molar-refractivity contribution in [1.82, 2.24) is 30.4 Å². The molecular weight excluding hydrogens is 499 g/mol. The van der Waals surface area contributed by atoms with Gasteiger partial charge in [-0.3, -0.25) is 9.59 Å². The molecule has 2 aromatic heterocycles. The number of nitrogens with zero attached hydrogens (tertiary/aromatic N) is 5. The van der Waals surface area contributed by atoms with Gasteiger partial charge in [0.1, 0.15) is 24.2 Å². The van der Waals surface area contributed by atoms with Gasteiger partial charge in [0.15, 0.2) is 0 Å². The molecule has 9 nitrogen and oxygen atoms in total. The highest BCUT2D eigenvalue weighted by molar-refractivity contribution is 6.30. The standard InChI is InChI=1S/C26H26ClFN6O3/c1-26(2,3)29-25(36)23(17-6-10-19(27)11-7-17)33(15-21-5-4-14-37-21)22(35)16-34-31-24(30-32-34)18-8-12-20(28)13-9-18/h4-14,23H,15-16H2,1-3H3,(H,29,36). The van der Waals surface area contributed by atoms with Crippen molar-refractivity contribution in [2.24, 2.45) is 0 Å². The highest BCUT2D eigenvalue weighted by Gasteiger charge is 2.34. The zero-order valence-corrected chi connectivity index (χ0v) is 21.3. The second kappa shape index (κ2) is 10.9. The Labute approximate surface area is 218 Å². The number of amides is 2. The van der Waals surface area contributed by atoms with Crippen molar-refractivity contribution < 1.29 is 18.4 Å². The molecule has 4 rings (SSSR count). The average molecular weight is 525 g/mol. The van der Waals surface area contributed by atoms with Crippen molar-refractivity contribution in [3.8, 4) is 11.4 Å². The van der Waals surface area contributed by atoms with E-state index in [9.17, 15) is 14.0 Å². The number of rotatable bonds is 8. The summed E-state index contributed by atoms with van der Waals surface area (Å²) in [4.78, 5) is 29.8. The SMILES string of the molecule is CC(C)(C)NC(=O)C(c1ccc(Cl)cc1)N(Cc1ccco1)C(=O)Cn1nnc(-c2ccc(F)cc2)n1. The molecule has 2 heterocycles. The summed E-state index contributed by atoms with van der Waals surface area (Å²) in [6, 6.07) is 14.8. The molecule has 4 aromatic rings. The van der Waals surface area contributed by atoms with E-state index in [0.717, 1.165) is 4.80 Å². The molecule has 2 amide bonds. The predicted molar refractivity (Wildman–Crippen MR) is 135 cm³/mol. The van der Waals surface area contributed by atoms with Crippen LogP contribution in [-0.4, -0.2) is 42.5 Å². The lowest BCUT2D eigenvalue weighted by molar-refractivity contribution is -0.143. The van der Waals surface area contributed by atoms with Crippen LogP contribution in [0.25, 0.3) is 11.4 Å². The highest BCUT2D eigenvalue weighted by atomic mass is 35.5. The molecule has 1 atom stereocenters. The summed E-state index contributed by atoms with van der Waals surface area (Å²) in [7, 11) is 0. The fourth-order valence-corrected chi connectivity index (χ4v) is 3.81. The first-order valence-corrected chi connectivity index (χ1v) is 11.9. The van der Waals surface area contributed by atoms with Crippen molar-refractivity contribution in [2.45, 2.75) is 45.4 Å². The maximum atomic E-state index is 13.7. The average Bonchev–Trinajstić information content (AvgIpc) is 3.51. The van der Waals surface area contributed by atoms with E-state index in [1.165, 1.54) is 35.4 Å². The maximum absolute atomic E-state index is 13.7. The number of nitrogens with one attached hydrogen (secondary N) is 1. The number of tetrazole rings is 1. The summed E-state index contributed by atoms with van der Waals surface area (Å²) < 4.78 is 18.8. The van der Waals surface area contributed by atoms with Gasteiger partial charge < -0.3 is 14.6 Å². The molecule has 0 saturated carbocycles. The van der Waals surface area contributed by atoms with Gasteiger partial charge in [-0.1, -0.05) is 23.7 Å². The maximum Gasteiger partial charge on any atom is 0.247 e. The van der Waals surface area contributed by atoms with Gasteiger partial charge in [-0.25, -0.2) is 4.39 Å². The third kappa shape index (κ3) is 6.79. The van der Waals surface area contributed by atoms with E-state index in [-0.39, 0.29) is 30.6 Å². The van der Waals surface area contributed by atoms with E-state index in [2.05, 4.69) is 20.7 Å². The second-order valence-corrected chi connectivity index (χ2v) is 9.88. The topological polar surface area (TPSA) is 106 Å². The Kier molecular flexibility index (Phi) is 7.68. The Morgan fingerprint density at radius 3 is 2.43 bits per heavy atom. The zero-order valence-electron chi connectivity index (χ0n) is 20.6. The molecule has 0 saturated heterocycles. The largest absolute Gasteiger partial charge is 0.467 e. The predicted octanol–water partition coefficient (Wildman–Crippen LogP) is 4.41. The van der Waals surface area contributed by atoms with Gasteiger partial charge in [0, 0.05) is 16.1 Å². The first-order chi connectivity index (χ1) is 17.6. The van der Waals surface area contributed by atoms with Gasteiger partial charge in [-0.05, 0) is 80.1 Å². The quantitative estimate of drug-likeness (QED) is 0.366. The van der Waals surface area contributed by atoms with Crippen molar-refractivity contribution in [1.29, 1.82) is 0 Å². The molecule has 0 aliphatic rings. The van der Waals surface area contributed by atoms with Crippen LogP contribution in [0.15, 0.2) is 71.3 Å². The first kappa shape index (κ1) is 26.0. The van der Waals surface area contributed by atoms with Gasteiger partial charge in [-0.2, -0.15) is 4.80 Å². The number of benzene rings is 2. The summed E-state index contributed by atoms with van der Waals surface area (Å²) >= 11 is 6.08. The molecule has 0 fully saturated rings. The molecule has 1 unspecified atom stereocenters. The highest BCUT2D eigenvalue weighted by Crippen LogP contribution is 2.27. The zero-order chi connectivity index (χ0) is 26.6. The van der Waals surface area contributed by atoms with Crippen molar-refractivity contribution in [2.75, 3.05) is 0 Å². The Morgan fingerprint density at radius 2 is 1.81 bits per heavy atom. The Bertz CT molecular complexity index is 1350. The smallest absolute Gasteiger partial charge is 0.247 e. The van der Waals surface area contributed by atoms with Crippen LogP contribution in [0.1, 0.15) is 38.1 Å². The van der Waals surface area contributed by atoms with Crippen LogP contribution in [0.3, 0.4) is 0 Å². The monoisotopic (exact) mass is 524 g/mol. The third-order valence-corrected chi connectivity index (χ3v) is 5.55. The molecule has 0 radical (unpaired) electrons. The van der Waals surface area contributed by atoms with Crippen LogP contribution < -0.4 is 5.32 Å². The molecule has 0 aliphatic heterocycles. The van der Waals surface area contributed by atoms with E-state index in [1.807, 2.05) is 20.8 Å². The number of carbonyl (C=O) groups is 2. The molecular formula is C26H26ClFN6O3. The first-order valence-electron chi connectivity index (χ1n) is 11.5. The lowest BCUT2D eigenvalue weighted by atomic mass is 10.0. The van der Waals surface area contributed by atoms with Gasteiger partial charge in [0.05, 0.1) is 12.8 Å². The Balaban J connectivity index is 1.66. The van der Waals surface area contributed by atoms with E-state index in [4.69, 9.17) is 16.0 Å². The normalized spacial score (nSPS) is 12.2. The van der Waals surface area contributed by atoms with E-state index >= 15 is 0 Å². The lowest BCUT2D eigenvalue weighted by Crippen LogP contribution is -2.49. The molecule has 2 aromatic carbocycles. The minimum atomic E-state index is -0.991. The lowest BCUT2D eigenvalue weighted by Gasteiger charge is -2.33. The number of furan rings is 1. The fraction of sp³-hybridized carbons (Fsp3) is 0.269. The van der Waals surface area contributed by atoms with E-state index < -0.39 is 17.5 Å². The van der Waals surface area contributed by atoms with Gasteiger partial charge in [0.25, 0.3) is 0 Å². The minimum absolute atomic E-state index is 0.0240. The molecule has 11 heteroatoms. The number of hydrogen-bond donors (Lipinski definition) is 1. The fourth-order valence-electron chi connectivity index (χ4n) is 3.69. The van der Waals surface area contributed by atoms with E-state index in [0.29, 0.717) is 21.9 Å². The van der Waals surface area contributed by atoms with Crippen LogP contribution in [0.4, 0.5) is 4.39 Å². The molecule has 1 N–H and O–H groups in total. The molecule has 0 spiro atoms. The van der Waals surface area contributed by atoms with Gasteiger partial charge >= 0.3 is 0 Å². The second-order valence-electron chi connectivity index (χ2n) is 9.44. The molecule has 192 valence electrons. The molecule has 0 aliphatic carbocycles. The van der Waals surface area contributed by atoms with Crippen LogP contribution in [0, 0.1) is 5.82 Å². The van der Waals surface area contributed by atoms with Gasteiger partial charge in [-0.15, -0.1) is 10.2 Å². The van der Waals surface area contributed by atoms with Crippen LogP contribution in [-0.2, 0) is 22.7 Å². The number of aromatic nitrogens is 4. The number of hydrogen-bond acceptors (Lipinski definition) is 6. The van der Waals surface area contributed by atoms with Crippen molar-refractivity contribution >= 4 is 23.4 Å². The van der Waals surface area contributed by atoms with Crippen LogP contribution in [0.2, 0.25) is 5.02 Å². The number of halogens is 2. The summed E-state index contributed by atoms with van der Waals surface area (Å²) in [5.41, 5.74) is 0.583. The third-order valence-electron chi connectivity index (χ3n) is 5.30. The van der Waals surface area contributed by atoms with Crippen molar-refractivity contribution in [3.05, 3.63) is 89.1 Å². The van der Waals surface area contributed by atoms with Gasteiger partial charge in [0.2, 0.25) is 17.6 Å². The van der Waals surface area contributed by atoms with Crippen LogP contribution in [0.5, 0.6) is 0 Å². The number of carbonyl (C=O) groups excluding carboxylic acids is 2. The molecule has 37 heavy (non-hydrogen) atoms. The Morgan fingerprint density at radius 1 is 1.11 bits per heavy atom. The summed E-state index contributed by atoms with van der Waals surface area (Å²) in [5.74, 6) is -0.460. The summed E-state index contributed by atoms with van der Waals surface area (Å²) in [5, 5.41) is 15.7.